The Morgan fingerprint density at radius 2 is 2.56 bits per heavy atom. The van der Waals surface area contributed by atoms with Gasteiger partial charge in [0.15, 0.2) is 0 Å². The van der Waals surface area contributed by atoms with Gasteiger partial charge >= 0.3 is 0 Å². The highest BCUT2D eigenvalue weighted by Gasteiger charge is 2.27. The van der Waals surface area contributed by atoms with Crippen molar-refractivity contribution in [2.24, 2.45) is 0 Å². The van der Waals surface area contributed by atoms with Gasteiger partial charge in [0.2, 0.25) is 0 Å². The molecule has 9 heavy (non-hydrogen) atoms. The summed E-state index contributed by atoms with van der Waals surface area (Å²) in [4.78, 5) is 12.2. The van der Waals surface area contributed by atoms with Crippen molar-refractivity contribution in [3.63, 3.8) is 0 Å². The van der Waals surface area contributed by atoms with Crippen LogP contribution in [0.15, 0.2) is 12.8 Å². The fourth-order valence-corrected chi connectivity index (χ4v) is 0.868. The van der Waals surface area contributed by atoms with Crippen LogP contribution in [-0.2, 0) is 4.79 Å². The van der Waals surface area contributed by atoms with E-state index in [1.165, 1.54) is 11.1 Å². The van der Waals surface area contributed by atoms with E-state index in [1.807, 2.05) is 0 Å². The highest BCUT2D eigenvalue weighted by molar-refractivity contribution is 5.83. The number of nitrogens with zero attached hydrogens (tertiary/aromatic N) is 1. The summed E-state index contributed by atoms with van der Waals surface area (Å²) in [5.74, 6) is -0.231. The van der Waals surface area contributed by atoms with Crippen LogP contribution in [-0.4, -0.2) is 28.6 Å². The van der Waals surface area contributed by atoms with E-state index in [1.54, 1.807) is 0 Å². The van der Waals surface area contributed by atoms with Crippen LogP contribution >= 0.6 is 0 Å². The number of likely N-dealkylation sites (tertiary alicyclic amines) is 1. The Labute approximate surface area is 53.6 Å². The molecule has 0 aliphatic carbocycles. The molecule has 3 heteroatoms. The third-order valence-electron chi connectivity index (χ3n) is 1.43. The van der Waals surface area contributed by atoms with Crippen LogP contribution in [0.3, 0.4) is 0 Å². The Kier molecular flexibility index (Phi) is 1.53. The molecule has 1 fully saturated rings. The first-order valence-corrected chi connectivity index (χ1v) is 2.87. The van der Waals surface area contributed by atoms with Crippen LogP contribution in [0.5, 0.6) is 0 Å². The van der Waals surface area contributed by atoms with Gasteiger partial charge in [0.05, 0.1) is 0 Å². The van der Waals surface area contributed by atoms with Gasteiger partial charge in [-0.25, -0.2) is 0 Å². The number of hydrogen-bond acceptors (Lipinski definition) is 2. The molecular weight excluding hydrogens is 118 g/mol. The Hall–Kier alpha value is -0.830. The number of carbonyl (C=O) groups is 1. The maximum atomic E-state index is 10.7. The topological polar surface area (TPSA) is 40.5 Å². The van der Waals surface area contributed by atoms with Gasteiger partial charge in [0, 0.05) is 13.0 Å². The van der Waals surface area contributed by atoms with Crippen LogP contribution in [0.25, 0.3) is 0 Å². The summed E-state index contributed by atoms with van der Waals surface area (Å²) in [6.07, 6.45) is 1.19. The van der Waals surface area contributed by atoms with E-state index >= 15 is 0 Å². The van der Waals surface area contributed by atoms with Crippen molar-refractivity contribution in [1.82, 2.24) is 4.90 Å². The van der Waals surface area contributed by atoms with Crippen molar-refractivity contribution in [1.29, 1.82) is 0 Å². The van der Waals surface area contributed by atoms with Gasteiger partial charge in [0.25, 0.3) is 5.91 Å². The maximum absolute atomic E-state index is 10.7. The second kappa shape index (κ2) is 2.19. The molecule has 1 aliphatic rings. The predicted octanol–water partition coefficient (Wildman–Crippen LogP) is -0.277. The average molecular weight is 127 g/mol. The molecule has 1 amide bonds. The lowest BCUT2D eigenvalue weighted by Crippen LogP contribution is -2.23. The SMILES string of the molecule is C=CN1CCC(O)C1=O. The zero-order valence-electron chi connectivity index (χ0n) is 5.08. The van der Waals surface area contributed by atoms with Gasteiger partial charge in [-0.05, 0) is 6.20 Å². The molecule has 50 valence electrons. The minimum absolute atomic E-state index is 0.231. The summed E-state index contributed by atoms with van der Waals surface area (Å²) in [6, 6.07) is 0. The minimum atomic E-state index is -0.789. The fraction of sp³-hybridized carbons (Fsp3) is 0.500. The van der Waals surface area contributed by atoms with Crippen LogP contribution in [0.2, 0.25) is 0 Å². The summed E-state index contributed by atoms with van der Waals surface area (Å²) in [7, 11) is 0. The molecule has 1 aliphatic heterocycles. The zero-order chi connectivity index (χ0) is 6.85. The molecule has 0 aromatic rings. The normalized spacial score (nSPS) is 27.0. The zero-order valence-corrected chi connectivity index (χ0v) is 5.08. The van der Waals surface area contributed by atoms with E-state index in [0.717, 1.165) is 0 Å². The molecule has 1 saturated heterocycles. The van der Waals surface area contributed by atoms with Gasteiger partial charge < -0.3 is 10.0 Å². The smallest absolute Gasteiger partial charge is 0.255 e. The lowest BCUT2D eigenvalue weighted by molar-refractivity contribution is -0.132. The molecule has 0 bridgehead atoms. The molecule has 3 nitrogen and oxygen atoms in total. The van der Waals surface area contributed by atoms with Gasteiger partial charge in [-0.3, -0.25) is 4.79 Å². The van der Waals surface area contributed by atoms with E-state index in [-0.39, 0.29) is 5.91 Å². The average Bonchev–Trinajstić information content (AvgIpc) is 2.15. The number of carbonyl (C=O) groups excluding carboxylic acids is 1. The fourth-order valence-electron chi connectivity index (χ4n) is 0.868. The number of hydrogen-bond donors (Lipinski definition) is 1. The van der Waals surface area contributed by atoms with E-state index in [2.05, 4.69) is 6.58 Å². The quantitative estimate of drug-likeness (QED) is 0.526. The summed E-state index contributed by atoms with van der Waals surface area (Å²) in [6.45, 7) is 4.02. The lowest BCUT2D eigenvalue weighted by atomic mass is 10.3. The Morgan fingerprint density at radius 3 is 2.78 bits per heavy atom. The van der Waals surface area contributed by atoms with Crippen molar-refractivity contribution >= 4 is 5.91 Å². The minimum Gasteiger partial charge on any atom is -0.383 e. The lowest BCUT2D eigenvalue weighted by Gasteiger charge is -2.06. The number of amides is 1. The van der Waals surface area contributed by atoms with Crippen molar-refractivity contribution in [3.05, 3.63) is 12.8 Å². The number of aliphatic hydroxyl groups is 1. The molecule has 1 heterocycles. The van der Waals surface area contributed by atoms with E-state index < -0.39 is 6.10 Å². The van der Waals surface area contributed by atoms with Crippen LogP contribution in [0.1, 0.15) is 6.42 Å². The van der Waals surface area contributed by atoms with Gasteiger partial charge in [-0.2, -0.15) is 0 Å². The Morgan fingerprint density at radius 1 is 1.89 bits per heavy atom. The van der Waals surface area contributed by atoms with Crippen molar-refractivity contribution < 1.29 is 9.90 Å². The molecule has 1 rings (SSSR count). The monoisotopic (exact) mass is 127 g/mol. The molecule has 0 radical (unpaired) electrons. The first-order valence-electron chi connectivity index (χ1n) is 2.87. The second-order valence-corrected chi connectivity index (χ2v) is 2.02. The largest absolute Gasteiger partial charge is 0.383 e. The van der Waals surface area contributed by atoms with E-state index in [0.29, 0.717) is 13.0 Å². The molecule has 0 aromatic heterocycles. The Bertz CT molecular complexity index is 144. The van der Waals surface area contributed by atoms with Crippen LogP contribution in [0.4, 0.5) is 0 Å². The molecule has 1 atom stereocenters. The van der Waals surface area contributed by atoms with Gasteiger partial charge in [-0.15, -0.1) is 0 Å². The molecule has 1 unspecified atom stereocenters. The molecule has 0 spiro atoms. The summed E-state index contributed by atoms with van der Waals surface area (Å²) in [5, 5.41) is 8.86. The molecule has 1 N–H and O–H groups in total. The van der Waals surface area contributed by atoms with Crippen molar-refractivity contribution in [2.45, 2.75) is 12.5 Å². The third-order valence-corrected chi connectivity index (χ3v) is 1.43. The maximum Gasteiger partial charge on any atom is 0.255 e. The van der Waals surface area contributed by atoms with Gasteiger partial charge in [-0.1, -0.05) is 6.58 Å². The van der Waals surface area contributed by atoms with Gasteiger partial charge in [0.1, 0.15) is 6.10 Å². The van der Waals surface area contributed by atoms with Crippen molar-refractivity contribution in [2.75, 3.05) is 6.54 Å². The van der Waals surface area contributed by atoms with Crippen molar-refractivity contribution in [3.8, 4) is 0 Å². The standard InChI is InChI=1S/C6H9NO2/c1-2-7-4-3-5(8)6(7)9/h2,5,8H,1,3-4H2. The third kappa shape index (κ3) is 0.954. The van der Waals surface area contributed by atoms with Crippen LogP contribution in [0, 0.1) is 0 Å². The first kappa shape index (κ1) is 6.29. The molecule has 0 saturated carbocycles. The first-order chi connectivity index (χ1) is 4.25. The summed E-state index contributed by atoms with van der Waals surface area (Å²) in [5.41, 5.74) is 0. The highest BCUT2D eigenvalue weighted by Crippen LogP contribution is 2.09. The molecular formula is C6H9NO2. The molecule has 0 aromatic carbocycles. The number of aliphatic hydroxyl groups excluding tert-OH is 1. The summed E-state index contributed by atoms with van der Waals surface area (Å²) >= 11 is 0. The predicted molar refractivity (Wildman–Crippen MR) is 32.5 cm³/mol. The highest BCUT2D eigenvalue weighted by atomic mass is 16.3. The van der Waals surface area contributed by atoms with Crippen LogP contribution < -0.4 is 0 Å². The number of rotatable bonds is 1. The van der Waals surface area contributed by atoms with E-state index in [9.17, 15) is 4.79 Å². The van der Waals surface area contributed by atoms with E-state index in [4.69, 9.17) is 5.11 Å². The Balaban J connectivity index is 2.61. The second-order valence-electron chi connectivity index (χ2n) is 2.02. The summed E-state index contributed by atoms with van der Waals surface area (Å²) < 4.78 is 0.